The van der Waals surface area contributed by atoms with E-state index in [0.717, 1.165) is 31.8 Å². The van der Waals surface area contributed by atoms with E-state index in [1.165, 1.54) is 25.7 Å². The van der Waals surface area contributed by atoms with Gasteiger partial charge in [-0.05, 0) is 37.0 Å². The van der Waals surface area contributed by atoms with Crippen molar-refractivity contribution in [2.45, 2.75) is 52.4 Å². The van der Waals surface area contributed by atoms with Gasteiger partial charge in [0.1, 0.15) is 0 Å². The molecule has 2 rings (SSSR count). The highest BCUT2D eigenvalue weighted by molar-refractivity contribution is 5.06. The number of hydrogen-bond donors (Lipinski definition) is 1. The van der Waals surface area contributed by atoms with Gasteiger partial charge in [-0.2, -0.15) is 5.26 Å². The van der Waals surface area contributed by atoms with Gasteiger partial charge in [-0.3, -0.25) is 0 Å². The molecule has 0 amide bonds. The third-order valence-electron chi connectivity index (χ3n) is 4.80. The standard InChI is InChI=1S/C14H24N2/c1-13(2,12-5-3-6-12)10-16-11-14(9-15)7-4-8-14/h12,16H,3-8,10-11H2,1-2H3. The van der Waals surface area contributed by atoms with Gasteiger partial charge in [-0.15, -0.1) is 0 Å². The lowest BCUT2D eigenvalue weighted by Gasteiger charge is -2.42. The van der Waals surface area contributed by atoms with Gasteiger partial charge in [0.25, 0.3) is 0 Å². The van der Waals surface area contributed by atoms with E-state index in [1.807, 2.05) is 0 Å². The number of nitrogens with one attached hydrogen (secondary N) is 1. The summed E-state index contributed by atoms with van der Waals surface area (Å²) in [5.41, 5.74) is 0.397. The largest absolute Gasteiger partial charge is 0.315 e. The van der Waals surface area contributed by atoms with Gasteiger partial charge in [-0.1, -0.05) is 26.7 Å². The molecule has 2 saturated carbocycles. The first-order chi connectivity index (χ1) is 7.58. The minimum absolute atomic E-state index is 0.0182. The third-order valence-corrected chi connectivity index (χ3v) is 4.80. The maximum absolute atomic E-state index is 9.14. The third kappa shape index (κ3) is 2.25. The van der Waals surface area contributed by atoms with Crippen LogP contribution in [0.4, 0.5) is 0 Å². The summed E-state index contributed by atoms with van der Waals surface area (Å²) in [5.74, 6) is 0.902. The molecule has 0 bridgehead atoms. The molecular formula is C14H24N2. The number of hydrogen-bond acceptors (Lipinski definition) is 2. The van der Waals surface area contributed by atoms with Crippen LogP contribution in [0, 0.1) is 28.1 Å². The Morgan fingerprint density at radius 2 is 2.00 bits per heavy atom. The lowest BCUT2D eigenvalue weighted by atomic mass is 9.66. The highest BCUT2D eigenvalue weighted by Gasteiger charge is 2.38. The summed E-state index contributed by atoms with van der Waals surface area (Å²) in [5, 5.41) is 12.7. The average Bonchev–Trinajstić information content (AvgIpc) is 2.05. The predicted octanol–water partition coefficient (Wildman–Crippen LogP) is 3.10. The van der Waals surface area contributed by atoms with E-state index >= 15 is 0 Å². The normalized spacial score (nSPS) is 24.3. The Labute approximate surface area is 99.4 Å². The molecule has 0 aromatic carbocycles. The predicted molar refractivity (Wildman–Crippen MR) is 65.9 cm³/mol. The second-order valence-electron chi connectivity index (χ2n) is 6.47. The molecule has 16 heavy (non-hydrogen) atoms. The van der Waals surface area contributed by atoms with Crippen LogP contribution in [0.2, 0.25) is 0 Å². The number of nitrogens with zero attached hydrogens (tertiary/aromatic N) is 1. The monoisotopic (exact) mass is 220 g/mol. The molecule has 0 unspecified atom stereocenters. The maximum Gasteiger partial charge on any atom is 0.0703 e. The highest BCUT2D eigenvalue weighted by Crippen LogP contribution is 2.42. The SMILES string of the molecule is CC(C)(CNCC1(C#N)CCC1)C1CCC1. The molecule has 0 aliphatic heterocycles. The molecule has 0 aromatic heterocycles. The zero-order valence-corrected chi connectivity index (χ0v) is 10.7. The van der Waals surface area contributed by atoms with Crippen LogP contribution < -0.4 is 5.32 Å². The molecule has 0 aromatic rings. The minimum Gasteiger partial charge on any atom is -0.315 e. The van der Waals surface area contributed by atoms with E-state index < -0.39 is 0 Å². The first-order valence-electron chi connectivity index (χ1n) is 6.70. The first kappa shape index (κ1) is 11.9. The fraction of sp³-hybridized carbons (Fsp3) is 0.929. The molecule has 0 spiro atoms. The summed E-state index contributed by atoms with van der Waals surface area (Å²) in [7, 11) is 0. The molecular weight excluding hydrogens is 196 g/mol. The smallest absolute Gasteiger partial charge is 0.0703 e. The quantitative estimate of drug-likeness (QED) is 0.773. The maximum atomic E-state index is 9.14. The molecule has 2 nitrogen and oxygen atoms in total. The van der Waals surface area contributed by atoms with Crippen molar-refractivity contribution in [3.8, 4) is 6.07 Å². The van der Waals surface area contributed by atoms with E-state index in [9.17, 15) is 0 Å². The van der Waals surface area contributed by atoms with E-state index in [2.05, 4.69) is 25.2 Å². The van der Waals surface area contributed by atoms with Crippen molar-refractivity contribution in [3.63, 3.8) is 0 Å². The van der Waals surface area contributed by atoms with Crippen LogP contribution in [0.3, 0.4) is 0 Å². The van der Waals surface area contributed by atoms with Gasteiger partial charge in [0.2, 0.25) is 0 Å². The zero-order valence-electron chi connectivity index (χ0n) is 10.7. The summed E-state index contributed by atoms with van der Waals surface area (Å²) in [6.07, 6.45) is 7.65. The van der Waals surface area contributed by atoms with Gasteiger partial charge in [0, 0.05) is 13.1 Å². The molecule has 2 heteroatoms. The van der Waals surface area contributed by atoms with Crippen molar-refractivity contribution >= 4 is 0 Å². The van der Waals surface area contributed by atoms with Crippen molar-refractivity contribution in [1.82, 2.24) is 5.32 Å². The molecule has 0 atom stereocenters. The Kier molecular flexibility index (Phi) is 3.26. The molecule has 0 radical (unpaired) electrons. The Bertz CT molecular complexity index is 280. The molecule has 0 saturated heterocycles. The lowest BCUT2D eigenvalue weighted by Crippen LogP contribution is -2.44. The fourth-order valence-corrected chi connectivity index (χ4v) is 2.89. The Hall–Kier alpha value is -0.550. The molecule has 90 valence electrons. The van der Waals surface area contributed by atoms with Gasteiger partial charge >= 0.3 is 0 Å². The van der Waals surface area contributed by atoms with Crippen molar-refractivity contribution in [1.29, 1.82) is 5.26 Å². The van der Waals surface area contributed by atoms with Gasteiger partial charge in [-0.25, -0.2) is 0 Å². The van der Waals surface area contributed by atoms with Crippen LogP contribution >= 0.6 is 0 Å². The summed E-state index contributed by atoms with van der Waals surface area (Å²) < 4.78 is 0. The van der Waals surface area contributed by atoms with Crippen LogP contribution in [-0.2, 0) is 0 Å². The summed E-state index contributed by atoms with van der Waals surface area (Å²) >= 11 is 0. The van der Waals surface area contributed by atoms with Crippen LogP contribution in [0.1, 0.15) is 52.4 Å². The van der Waals surface area contributed by atoms with Crippen LogP contribution in [0.15, 0.2) is 0 Å². The highest BCUT2D eigenvalue weighted by atomic mass is 14.9. The topological polar surface area (TPSA) is 35.8 Å². The van der Waals surface area contributed by atoms with E-state index in [0.29, 0.717) is 5.41 Å². The molecule has 1 N–H and O–H groups in total. The van der Waals surface area contributed by atoms with Crippen molar-refractivity contribution < 1.29 is 0 Å². The number of nitriles is 1. The van der Waals surface area contributed by atoms with Gasteiger partial charge < -0.3 is 5.32 Å². The molecule has 2 aliphatic rings. The van der Waals surface area contributed by atoms with Crippen LogP contribution in [0.25, 0.3) is 0 Å². The Morgan fingerprint density at radius 3 is 2.38 bits per heavy atom. The summed E-state index contributed by atoms with van der Waals surface area (Å²) in [4.78, 5) is 0. The van der Waals surface area contributed by atoms with Crippen molar-refractivity contribution in [2.75, 3.05) is 13.1 Å². The van der Waals surface area contributed by atoms with E-state index in [1.54, 1.807) is 0 Å². The minimum atomic E-state index is -0.0182. The lowest BCUT2D eigenvalue weighted by molar-refractivity contribution is 0.110. The van der Waals surface area contributed by atoms with E-state index in [-0.39, 0.29) is 5.41 Å². The van der Waals surface area contributed by atoms with E-state index in [4.69, 9.17) is 5.26 Å². The Balaban J connectivity index is 1.73. The van der Waals surface area contributed by atoms with Gasteiger partial charge in [0.05, 0.1) is 11.5 Å². The van der Waals surface area contributed by atoms with Gasteiger partial charge in [0.15, 0.2) is 0 Å². The van der Waals surface area contributed by atoms with Crippen molar-refractivity contribution in [3.05, 3.63) is 0 Å². The van der Waals surface area contributed by atoms with Crippen LogP contribution in [0.5, 0.6) is 0 Å². The van der Waals surface area contributed by atoms with Crippen LogP contribution in [-0.4, -0.2) is 13.1 Å². The second kappa shape index (κ2) is 4.37. The first-order valence-corrected chi connectivity index (χ1v) is 6.70. The second-order valence-corrected chi connectivity index (χ2v) is 6.47. The molecule has 2 aliphatic carbocycles. The van der Waals surface area contributed by atoms with Crippen molar-refractivity contribution in [2.24, 2.45) is 16.7 Å². The molecule has 0 heterocycles. The Morgan fingerprint density at radius 1 is 1.31 bits per heavy atom. The summed E-state index contributed by atoms with van der Waals surface area (Å²) in [6, 6.07) is 2.50. The number of rotatable bonds is 5. The average molecular weight is 220 g/mol. The fourth-order valence-electron chi connectivity index (χ4n) is 2.89. The zero-order chi connectivity index (χ0) is 11.6. The summed E-state index contributed by atoms with van der Waals surface area (Å²) in [6.45, 7) is 6.70. The molecule has 2 fully saturated rings.